The highest BCUT2D eigenvalue weighted by atomic mass is 16.5. The van der Waals surface area contributed by atoms with Gasteiger partial charge in [0.05, 0.1) is 17.9 Å². The van der Waals surface area contributed by atoms with Gasteiger partial charge >= 0.3 is 11.9 Å². The number of aryl methyl sites for hydroxylation is 1. The molecule has 1 amide bonds. The summed E-state index contributed by atoms with van der Waals surface area (Å²) in [5.41, 5.74) is 1.90. The van der Waals surface area contributed by atoms with Crippen LogP contribution in [0.15, 0.2) is 24.3 Å². The second-order valence-corrected chi connectivity index (χ2v) is 6.48. The number of rotatable bonds is 7. The molecule has 1 unspecified atom stereocenters. The number of hydrogen-bond donors (Lipinski definition) is 2. The summed E-state index contributed by atoms with van der Waals surface area (Å²) in [5, 5.41) is 2.59. The van der Waals surface area contributed by atoms with Crippen molar-refractivity contribution in [3.63, 3.8) is 0 Å². The molecule has 0 spiro atoms. The Morgan fingerprint density at radius 2 is 1.76 bits per heavy atom. The molecule has 0 saturated heterocycles. The van der Waals surface area contributed by atoms with Crippen LogP contribution in [-0.4, -0.2) is 41.3 Å². The lowest BCUT2D eigenvalue weighted by Crippen LogP contribution is -2.30. The molecule has 1 atom stereocenters. The topological polar surface area (TPSA) is 115 Å². The molecule has 0 aliphatic rings. The number of benzene rings is 1. The number of esters is 2. The van der Waals surface area contributed by atoms with E-state index in [9.17, 15) is 19.2 Å². The number of hydrogen-bond acceptors (Lipinski definition) is 6. The summed E-state index contributed by atoms with van der Waals surface area (Å²) < 4.78 is 10.2. The van der Waals surface area contributed by atoms with Crippen molar-refractivity contribution in [2.75, 3.05) is 11.9 Å². The van der Waals surface area contributed by atoms with E-state index < -0.39 is 23.9 Å². The Labute approximate surface area is 168 Å². The van der Waals surface area contributed by atoms with Crippen LogP contribution < -0.4 is 5.32 Å². The molecule has 0 fully saturated rings. The van der Waals surface area contributed by atoms with Gasteiger partial charge in [-0.1, -0.05) is 12.1 Å². The maximum absolute atomic E-state index is 12.5. The van der Waals surface area contributed by atoms with E-state index in [0.29, 0.717) is 22.5 Å². The minimum absolute atomic E-state index is 0.0781. The quantitative estimate of drug-likeness (QED) is 0.545. The zero-order valence-corrected chi connectivity index (χ0v) is 17.0. The predicted octanol–water partition coefficient (Wildman–Crippen LogP) is 3.19. The zero-order chi connectivity index (χ0) is 21.7. The van der Waals surface area contributed by atoms with Crippen molar-refractivity contribution < 1.29 is 28.7 Å². The molecule has 2 N–H and O–H groups in total. The van der Waals surface area contributed by atoms with E-state index in [0.717, 1.165) is 0 Å². The van der Waals surface area contributed by atoms with E-state index in [1.165, 1.54) is 13.8 Å². The largest absolute Gasteiger partial charge is 0.462 e. The van der Waals surface area contributed by atoms with E-state index >= 15 is 0 Å². The molecule has 2 rings (SSSR count). The standard InChI is InChI=1S/C21H24N2O6/c1-6-28-20(26)17-11(2)18(22-12(17)3)21(27)29-14(5)19(25)23-16-10-8-7-9-15(16)13(4)24/h7-10,14,22H,6H2,1-5H3,(H,23,25). The Kier molecular flexibility index (Phi) is 6.93. The van der Waals surface area contributed by atoms with Gasteiger partial charge in [-0.3, -0.25) is 9.59 Å². The first-order valence-electron chi connectivity index (χ1n) is 9.15. The summed E-state index contributed by atoms with van der Waals surface area (Å²) >= 11 is 0. The molecule has 154 valence electrons. The van der Waals surface area contributed by atoms with Crippen LogP contribution in [-0.2, 0) is 14.3 Å². The molecule has 0 aliphatic carbocycles. The summed E-state index contributed by atoms with van der Waals surface area (Å²) in [7, 11) is 0. The first kappa shape index (κ1) is 21.9. The summed E-state index contributed by atoms with van der Waals surface area (Å²) in [6.45, 7) is 7.95. The smallest absolute Gasteiger partial charge is 0.355 e. The van der Waals surface area contributed by atoms with Gasteiger partial charge < -0.3 is 19.8 Å². The number of carbonyl (C=O) groups is 4. The maximum Gasteiger partial charge on any atom is 0.355 e. The number of H-pyrrole nitrogens is 1. The summed E-state index contributed by atoms with van der Waals surface area (Å²) in [4.78, 5) is 51.5. The van der Waals surface area contributed by atoms with Gasteiger partial charge in [-0.15, -0.1) is 0 Å². The first-order valence-corrected chi connectivity index (χ1v) is 9.15. The minimum Gasteiger partial charge on any atom is -0.462 e. The molecule has 8 heteroatoms. The van der Waals surface area contributed by atoms with Gasteiger partial charge in [0.1, 0.15) is 5.69 Å². The Bertz CT molecular complexity index is 960. The van der Waals surface area contributed by atoms with Crippen molar-refractivity contribution in [3.8, 4) is 0 Å². The zero-order valence-electron chi connectivity index (χ0n) is 17.0. The number of aromatic amines is 1. The lowest BCUT2D eigenvalue weighted by Gasteiger charge is -2.15. The molecule has 0 bridgehead atoms. The number of carbonyl (C=O) groups excluding carboxylic acids is 4. The third kappa shape index (κ3) is 4.90. The monoisotopic (exact) mass is 400 g/mol. The molecule has 0 radical (unpaired) electrons. The van der Waals surface area contributed by atoms with Crippen LogP contribution in [0.3, 0.4) is 0 Å². The Balaban J connectivity index is 2.13. The molecule has 1 aromatic heterocycles. The number of ketones is 1. The lowest BCUT2D eigenvalue weighted by atomic mass is 10.1. The second kappa shape index (κ2) is 9.18. The molecular weight excluding hydrogens is 376 g/mol. The van der Waals surface area contributed by atoms with E-state index in [1.807, 2.05) is 0 Å². The van der Waals surface area contributed by atoms with Crippen molar-refractivity contribution in [1.29, 1.82) is 0 Å². The number of nitrogens with one attached hydrogen (secondary N) is 2. The Hall–Kier alpha value is -3.42. The Morgan fingerprint density at radius 1 is 1.10 bits per heavy atom. The Morgan fingerprint density at radius 3 is 2.38 bits per heavy atom. The minimum atomic E-state index is -1.13. The number of para-hydroxylation sites is 1. The van der Waals surface area contributed by atoms with Crippen molar-refractivity contribution >= 4 is 29.3 Å². The molecule has 1 aromatic carbocycles. The van der Waals surface area contributed by atoms with Crippen LogP contribution in [0, 0.1) is 13.8 Å². The van der Waals surface area contributed by atoms with E-state index in [2.05, 4.69) is 10.3 Å². The molecule has 0 aliphatic heterocycles. The van der Waals surface area contributed by atoms with Gasteiger partial charge in [-0.2, -0.15) is 0 Å². The highest BCUT2D eigenvalue weighted by Crippen LogP contribution is 2.21. The highest BCUT2D eigenvalue weighted by molar-refractivity contribution is 6.05. The third-order valence-electron chi connectivity index (χ3n) is 4.34. The fourth-order valence-corrected chi connectivity index (χ4v) is 2.87. The molecule has 29 heavy (non-hydrogen) atoms. The highest BCUT2D eigenvalue weighted by Gasteiger charge is 2.26. The van der Waals surface area contributed by atoms with Gasteiger partial charge in [0.15, 0.2) is 11.9 Å². The summed E-state index contributed by atoms with van der Waals surface area (Å²) in [6.07, 6.45) is -1.13. The van der Waals surface area contributed by atoms with Crippen LogP contribution in [0.4, 0.5) is 5.69 Å². The molecule has 8 nitrogen and oxygen atoms in total. The van der Waals surface area contributed by atoms with Gasteiger partial charge in [0.2, 0.25) is 0 Å². The van der Waals surface area contributed by atoms with Crippen LogP contribution in [0.2, 0.25) is 0 Å². The van der Waals surface area contributed by atoms with Crippen molar-refractivity contribution in [1.82, 2.24) is 4.98 Å². The second-order valence-electron chi connectivity index (χ2n) is 6.48. The fourth-order valence-electron chi connectivity index (χ4n) is 2.87. The number of aromatic nitrogens is 1. The average Bonchev–Trinajstić information content (AvgIpc) is 2.96. The first-order chi connectivity index (χ1) is 13.7. The fraction of sp³-hybridized carbons (Fsp3) is 0.333. The van der Waals surface area contributed by atoms with Crippen molar-refractivity contribution in [3.05, 3.63) is 52.3 Å². The van der Waals surface area contributed by atoms with Crippen LogP contribution >= 0.6 is 0 Å². The summed E-state index contributed by atoms with van der Waals surface area (Å²) in [5.74, 6) is -2.10. The average molecular weight is 400 g/mol. The molecular formula is C21H24N2O6. The van der Waals surface area contributed by atoms with Gasteiger partial charge in [0.25, 0.3) is 5.91 Å². The lowest BCUT2D eigenvalue weighted by molar-refractivity contribution is -0.123. The van der Waals surface area contributed by atoms with Gasteiger partial charge in [-0.25, -0.2) is 9.59 Å². The summed E-state index contributed by atoms with van der Waals surface area (Å²) in [6, 6.07) is 6.55. The number of amides is 1. The maximum atomic E-state index is 12.5. The SMILES string of the molecule is CCOC(=O)c1c(C)[nH]c(C(=O)OC(C)C(=O)Nc2ccccc2C(C)=O)c1C. The third-order valence-corrected chi connectivity index (χ3v) is 4.34. The molecule has 1 heterocycles. The number of anilines is 1. The van der Waals surface area contributed by atoms with Crippen molar-refractivity contribution in [2.45, 2.75) is 40.7 Å². The van der Waals surface area contributed by atoms with E-state index in [-0.39, 0.29) is 23.6 Å². The molecule has 0 saturated carbocycles. The van der Waals surface area contributed by atoms with Crippen LogP contribution in [0.25, 0.3) is 0 Å². The van der Waals surface area contributed by atoms with Gasteiger partial charge in [-0.05, 0) is 52.3 Å². The van der Waals surface area contributed by atoms with E-state index in [4.69, 9.17) is 9.47 Å². The normalized spacial score (nSPS) is 11.5. The predicted molar refractivity (Wildman–Crippen MR) is 106 cm³/mol. The molecule has 2 aromatic rings. The van der Waals surface area contributed by atoms with Crippen LogP contribution in [0.5, 0.6) is 0 Å². The van der Waals surface area contributed by atoms with Crippen molar-refractivity contribution in [2.24, 2.45) is 0 Å². The van der Waals surface area contributed by atoms with Gasteiger partial charge in [0, 0.05) is 11.3 Å². The number of ether oxygens (including phenoxy) is 2. The number of Topliss-reactive ketones (excluding diaryl/α,β-unsaturated/α-hetero) is 1. The van der Waals surface area contributed by atoms with E-state index in [1.54, 1.807) is 45.0 Å². The van der Waals surface area contributed by atoms with Crippen LogP contribution in [0.1, 0.15) is 63.2 Å².